The van der Waals surface area contributed by atoms with Crippen LogP contribution in [0.1, 0.15) is 55.8 Å². The maximum absolute atomic E-state index is 13.0. The van der Waals surface area contributed by atoms with Gasteiger partial charge in [-0.05, 0) is 73.2 Å². The lowest BCUT2D eigenvalue weighted by Crippen LogP contribution is -2.37. The fraction of sp³-hybridized carbons (Fsp3) is 0.312. The molecule has 44 heavy (non-hydrogen) atoms. The summed E-state index contributed by atoms with van der Waals surface area (Å²) in [5.74, 6) is 1.38. The summed E-state index contributed by atoms with van der Waals surface area (Å²) in [6, 6.07) is 18.4. The molecule has 0 radical (unpaired) electrons. The molecule has 8 nitrogen and oxygen atoms in total. The van der Waals surface area contributed by atoms with Gasteiger partial charge in [-0.25, -0.2) is 14.5 Å². The van der Waals surface area contributed by atoms with Crippen LogP contribution in [0, 0.1) is 6.92 Å². The van der Waals surface area contributed by atoms with E-state index in [0.717, 1.165) is 35.5 Å². The monoisotopic (exact) mass is 622 g/mol. The summed E-state index contributed by atoms with van der Waals surface area (Å²) in [4.78, 5) is 24.0. The van der Waals surface area contributed by atoms with Crippen molar-refractivity contribution in [2.75, 3.05) is 17.2 Å². The van der Waals surface area contributed by atoms with E-state index in [-0.39, 0.29) is 11.8 Å². The van der Waals surface area contributed by atoms with Gasteiger partial charge >= 0.3 is 12.4 Å². The summed E-state index contributed by atoms with van der Waals surface area (Å²) < 4.78 is 42.7. The van der Waals surface area contributed by atoms with Crippen LogP contribution in [0.5, 0.6) is 5.75 Å². The highest BCUT2D eigenvalue weighted by molar-refractivity contribution is 8.14. The first kappa shape index (κ1) is 31.1. The number of rotatable bonds is 7. The zero-order valence-electron chi connectivity index (χ0n) is 24.8. The molecule has 1 aliphatic heterocycles. The van der Waals surface area contributed by atoms with Crippen LogP contribution in [0.4, 0.5) is 23.7 Å². The SMILES string of the molecule is Cc1cccc(N2CCCSC2=NC(=O)NC(C)c2ccc(-c3ncn(-c4ccc(OC(F)(F)F)cc4)n3)cc2)c1C(C)C. The Morgan fingerprint density at radius 1 is 1.05 bits per heavy atom. The number of hydrogen-bond acceptors (Lipinski definition) is 5. The molecule has 230 valence electrons. The lowest BCUT2D eigenvalue weighted by Gasteiger charge is -2.32. The number of benzene rings is 3. The molecular formula is C32H33F3N6O2S. The third-order valence-electron chi connectivity index (χ3n) is 7.19. The third-order valence-corrected chi connectivity index (χ3v) is 8.25. The first-order valence-corrected chi connectivity index (χ1v) is 15.2. The smallest absolute Gasteiger partial charge is 0.406 e. The minimum atomic E-state index is -4.75. The Balaban J connectivity index is 1.25. The molecule has 5 rings (SSSR count). The topological polar surface area (TPSA) is 84.6 Å². The van der Waals surface area contributed by atoms with Gasteiger partial charge < -0.3 is 15.0 Å². The van der Waals surface area contributed by atoms with Gasteiger partial charge in [0.15, 0.2) is 11.0 Å². The molecular weight excluding hydrogens is 589 g/mol. The summed E-state index contributed by atoms with van der Waals surface area (Å²) in [6.07, 6.45) is -2.26. The normalized spacial score (nSPS) is 15.5. The first-order chi connectivity index (χ1) is 21.0. The van der Waals surface area contributed by atoms with E-state index >= 15 is 0 Å². The quantitative estimate of drug-likeness (QED) is 0.225. The van der Waals surface area contributed by atoms with Gasteiger partial charge in [-0.15, -0.1) is 18.3 Å². The number of hydrogen-bond donors (Lipinski definition) is 1. The molecule has 0 aliphatic carbocycles. The Bertz CT molecular complexity index is 1640. The van der Waals surface area contributed by atoms with Crippen LogP contribution in [0.15, 0.2) is 78.0 Å². The Labute approximate surface area is 258 Å². The van der Waals surface area contributed by atoms with E-state index in [1.54, 1.807) is 11.8 Å². The number of nitrogens with one attached hydrogen (secondary N) is 1. The van der Waals surface area contributed by atoms with Gasteiger partial charge in [0.25, 0.3) is 0 Å². The largest absolute Gasteiger partial charge is 0.573 e. The third kappa shape index (κ3) is 7.42. The predicted molar refractivity (Wildman–Crippen MR) is 168 cm³/mol. The number of amides is 2. The summed E-state index contributed by atoms with van der Waals surface area (Å²) in [6.45, 7) is 9.18. The van der Waals surface area contributed by atoms with Gasteiger partial charge in [0.1, 0.15) is 12.1 Å². The number of anilines is 1. The van der Waals surface area contributed by atoms with Crippen molar-refractivity contribution in [2.45, 2.75) is 52.4 Å². The van der Waals surface area contributed by atoms with Crippen LogP contribution in [0.2, 0.25) is 0 Å². The summed E-state index contributed by atoms with van der Waals surface area (Å²) in [5.41, 5.74) is 5.76. The Kier molecular flexibility index (Phi) is 9.28. The van der Waals surface area contributed by atoms with Gasteiger partial charge in [-0.2, -0.15) is 4.99 Å². The second-order valence-electron chi connectivity index (χ2n) is 10.8. The number of urea groups is 1. The number of thioether (sulfide) groups is 1. The van der Waals surface area contributed by atoms with E-state index < -0.39 is 12.4 Å². The predicted octanol–water partition coefficient (Wildman–Crippen LogP) is 8.03. The van der Waals surface area contributed by atoms with Gasteiger partial charge in [-0.3, -0.25) is 0 Å². The molecule has 3 aromatic carbocycles. The molecule has 2 heterocycles. The molecule has 0 bridgehead atoms. The van der Waals surface area contributed by atoms with Crippen molar-refractivity contribution >= 4 is 28.6 Å². The van der Waals surface area contributed by atoms with E-state index in [4.69, 9.17) is 0 Å². The van der Waals surface area contributed by atoms with E-state index in [1.807, 2.05) is 37.3 Å². The number of ether oxygens (including phenoxy) is 1. The maximum Gasteiger partial charge on any atom is 0.573 e. The van der Waals surface area contributed by atoms with Crippen LogP contribution < -0.4 is 15.0 Å². The molecule has 1 aliphatic rings. The van der Waals surface area contributed by atoms with E-state index in [1.165, 1.54) is 46.4 Å². The lowest BCUT2D eigenvalue weighted by atomic mass is 9.95. The second kappa shape index (κ2) is 13.1. The van der Waals surface area contributed by atoms with Crippen molar-refractivity contribution in [3.8, 4) is 22.8 Å². The van der Waals surface area contributed by atoms with E-state index in [0.29, 0.717) is 22.6 Å². The molecule has 1 unspecified atom stereocenters. The van der Waals surface area contributed by atoms with E-state index in [9.17, 15) is 18.0 Å². The molecule has 2 amide bonds. The molecule has 1 aromatic heterocycles. The number of carbonyl (C=O) groups excluding carboxylic acids is 1. The highest BCUT2D eigenvalue weighted by Gasteiger charge is 2.31. The summed E-state index contributed by atoms with van der Waals surface area (Å²) >= 11 is 1.59. The minimum Gasteiger partial charge on any atom is -0.406 e. The van der Waals surface area contributed by atoms with Gasteiger partial charge in [0, 0.05) is 23.5 Å². The van der Waals surface area contributed by atoms with Crippen molar-refractivity contribution in [3.63, 3.8) is 0 Å². The first-order valence-electron chi connectivity index (χ1n) is 14.3. The van der Waals surface area contributed by atoms with Crippen molar-refractivity contribution in [2.24, 2.45) is 4.99 Å². The number of carbonyl (C=O) groups is 1. The van der Waals surface area contributed by atoms with Crippen molar-refractivity contribution in [1.29, 1.82) is 0 Å². The molecule has 12 heteroatoms. The zero-order chi connectivity index (χ0) is 31.4. The van der Waals surface area contributed by atoms with Gasteiger partial charge in [0.2, 0.25) is 0 Å². The zero-order valence-corrected chi connectivity index (χ0v) is 25.6. The average Bonchev–Trinajstić information content (AvgIpc) is 3.47. The number of aromatic nitrogens is 3. The Hall–Kier alpha value is -4.32. The summed E-state index contributed by atoms with van der Waals surface area (Å²) in [7, 11) is 0. The fourth-order valence-corrected chi connectivity index (χ4v) is 6.11. The van der Waals surface area contributed by atoms with E-state index in [2.05, 4.69) is 62.9 Å². The standard InChI is InChI=1S/C32H33F3N6O2S/c1-20(2)28-21(3)7-5-8-27(28)40-17-6-18-44-31(40)38-30(42)37-22(4)23-9-11-24(12-10-23)29-36-19-41(39-29)25-13-15-26(16-14-25)43-32(33,34)35/h5,7-16,19-20,22H,6,17-18H2,1-4H3,(H,37,42). The van der Waals surface area contributed by atoms with Crippen molar-refractivity contribution in [3.05, 3.63) is 89.7 Å². The van der Waals surface area contributed by atoms with Crippen LogP contribution >= 0.6 is 11.8 Å². The van der Waals surface area contributed by atoms with Crippen LogP contribution in [-0.2, 0) is 0 Å². The maximum atomic E-state index is 13.0. The number of amidine groups is 1. The fourth-order valence-electron chi connectivity index (χ4n) is 5.16. The molecule has 1 atom stereocenters. The van der Waals surface area contributed by atoms with Crippen molar-refractivity contribution < 1.29 is 22.7 Å². The van der Waals surface area contributed by atoms with Crippen molar-refractivity contribution in [1.82, 2.24) is 20.1 Å². The van der Waals surface area contributed by atoms with Crippen LogP contribution in [0.25, 0.3) is 17.1 Å². The Morgan fingerprint density at radius 3 is 2.45 bits per heavy atom. The number of aliphatic imine (C=N–C) groups is 1. The molecule has 1 fully saturated rings. The molecule has 4 aromatic rings. The highest BCUT2D eigenvalue weighted by atomic mass is 32.2. The average molecular weight is 623 g/mol. The van der Waals surface area contributed by atoms with Crippen LogP contribution in [-0.4, -0.2) is 44.6 Å². The molecule has 1 N–H and O–H groups in total. The minimum absolute atomic E-state index is 0.295. The number of aryl methyl sites for hydroxylation is 1. The van der Waals surface area contributed by atoms with Gasteiger partial charge in [-0.1, -0.05) is 62.0 Å². The van der Waals surface area contributed by atoms with Crippen LogP contribution in [0.3, 0.4) is 0 Å². The molecule has 1 saturated heterocycles. The van der Waals surface area contributed by atoms with Gasteiger partial charge in [0.05, 0.1) is 11.7 Å². The number of halogens is 3. The number of alkyl halides is 3. The number of nitrogens with zero attached hydrogens (tertiary/aromatic N) is 5. The second-order valence-corrected chi connectivity index (χ2v) is 11.8. The lowest BCUT2D eigenvalue weighted by molar-refractivity contribution is -0.274. The Morgan fingerprint density at radius 2 is 1.77 bits per heavy atom. The summed E-state index contributed by atoms with van der Waals surface area (Å²) in [5, 5.41) is 8.13. The molecule has 0 spiro atoms. The highest BCUT2D eigenvalue weighted by Crippen LogP contribution is 2.34. The molecule has 0 saturated carbocycles.